The Kier molecular flexibility index (Phi) is 5.57. The molecule has 2 atom stereocenters. The molecular formula is C17H18IN3O4. The van der Waals surface area contributed by atoms with Gasteiger partial charge in [-0.05, 0) is 28.2 Å². The number of esters is 1. The first-order valence-electron chi connectivity index (χ1n) is 7.83. The van der Waals surface area contributed by atoms with Crippen molar-refractivity contribution in [2.75, 3.05) is 13.7 Å². The summed E-state index contributed by atoms with van der Waals surface area (Å²) in [6.07, 6.45) is 3.55. The summed E-state index contributed by atoms with van der Waals surface area (Å²) in [5.41, 5.74) is 0.892. The second-order valence-corrected chi connectivity index (χ2v) is 7.01. The Balaban J connectivity index is 1.70. The zero-order valence-electron chi connectivity index (χ0n) is 13.7. The maximum atomic E-state index is 12.5. The maximum absolute atomic E-state index is 12.5. The second kappa shape index (κ2) is 7.85. The summed E-state index contributed by atoms with van der Waals surface area (Å²) >= 11 is 2.17. The van der Waals surface area contributed by atoms with Gasteiger partial charge < -0.3 is 9.47 Å². The molecule has 2 heterocycles. The van der Waals surface area contributed by atoms with E-state index in [4.69, 9.17) is 9.47 Å². The van der Waals surface area contributed by atoms with Crippen LogP contribution in [0.1, 0.15) is 18.0 Å². The lowest BCUT2D eigenvalue weighted by Gasteiger charge is -2.21. The maximum Gasteiger partial charge on any atom is 0.410 e. The summed E-state index contributed by atoms with van der Waals surface area (Å²) in [6, 6.07) is 8.66. The van der Waals surface area contributed by atoms with Crippen LogP contribution in [0, 0.1) is 3.57 Å². The summed E-state index contributed by atoms with van der Waals surface area (Å²) in [5, 5.41) is 4.28. The van der Waals surface area contributed by atoms with Gasteiger partial charge in [0.25, 0.3) is 0 Å². The molecule has 1 aliphatic heterocycles. The number of hydrogen-bond donors (Lipinski definition) is 0. The number of aromatic nitrogens is 2. The Labute approximate surface area is 159 Å². The molecule has 1 fully saturated rings. The largest absolute Gasteiger partial charge is 0.467 e. The molecule has 2 aromatic rings. The summed E-state index contributed by atoms with van der Waals surface area (Å²) in [6.45, 7) is 0.513. The average molecular weight is 455 g/mol. The minimum atomic E-state index is -0.667. The molecule has 25 heavy (non-hydrogen) atoms. The van der Waals surface area contributed by atoms with E-state index in [0.717, 1.165) is 9.13 Å². The van der Waals surface area contributed by atoms with Crippen molar-refractivity contribution in [1.82, 2.24) is 14.7 Å². The van der Waals surface area contributed by atoms with Crippen molar-refractivity contribution >= 4 is 34.7 Å². The number of hydrogen-bond acceptors (Lipinski definition) is 5. The number of likely N-dealkylation sites (tertiary alicyclic amines) is 1. The van der Waals surface area contributed by atoms with Gasteiger partial charge in [-0.2, -0.15) is 5.10 Å². The minimum absolute atomic E-state index is 0.0862. The lowest BCUT2D eigenvalue weighted by molar-refractivity contribution is -0.145. The number of ether oxygens (including phenoxy) is 2. The molecule has 0 spiro atoms. The van der Waals surface area contributed by atoms with E-state index in [2.05, 4.69) is 27.7 Å². The molecule has 3 rings (SSSR count). The predicted molar refractivity (Wildman–Crippen MR) is 97.7 cm³/mol. The van der Waals surface area contributed by atoms with E-state index in [0.29, 0.717) is 13.0 Å². The van der Waals surface area contributed by atoms with E-state index in [1.165, 1.54) is 12.0 Å². The highest BCUT2D eigenvalue weighted by molar-refractivity contribution is 14.1. The van der Waals surface area contributed by atoms with Crippen molar-refractivity contribution in [3.8, 4) is 0 Å². The Morgan fingerprint density at radius 2 is 2.08 bits per heavy atom. The number of amides is 1. The van der Waals surface area contributed by atoms with Crippen LogP contribution >= 0.6 is 22.6 Å². The first kappa shape index (κ1) is 17.7. The van der Waals surface area contributed by atoms with E-state index < -0.39 is 18.1 Å². The van der Waals surface area contributed by atoms with E-state index in [1.54, 1.807) is 10.9 Å². The van der Waals surface area contributed by atoms with Crippen molar-refractivity contribution in [2.45, 2.75) is 25.1 Å². The van der Waals surface area contributed by atoms with E-state index >= 15 is 0 Å². The SMILES string of the molecule is COC(=O)[C@@H]1C[C@H](n2cc(I)cn2)CN1C(=O)OCc1ccccc1. The molecule has 1 aromatic heterocycles. The van der Waals surface area contributed by atoms with E-state index in [1.807, 2.05) is 36.5 Å². The molecule has 7 nitrogen and oxygen atoms in total. The van der Waals surface area contributed by atoms with Gasteiger partial charge in [-0.25, -0.2) is 9.59 Å². The molecule has 1 aromatic carbocycles. The number of halogens is 1. The van der Waals surface area contributed by atoms with E-state index in [-0.39, 0.29) is 12.6 Å². The van der Waals surface area contributed by atoms with Crippen molar-refractivity contribution in [1.29, 1.82) is 0 Å². The average Bonchev–Trinajstić information content (AvgIpc) is 3.26. The Morgan fingerprint density at radius 3 is 2.72 bits per heavy atom. The zero-order valence-corrected chi connectivity index (χ0v) is 15.8. The summed E-state index contributed by atoms with van der Waals surface area (Å²) in [5.74, 6) is -0.444. The quantitative estimate of drug-likeness (QED) is 0.524. The molecule has 0 radical (unpaired) electrons. The van der Waals surface area contributed by atoms with Crippen molar-refractivity contribution < 1.29 is 19.1 Å². The number of rotatable bonds is 4. The van der Waals surface area contributed by atoms with Gasteiger partial charge in [-0.3, -0.25) is 9.58 Å². The van der Waals surface area contributed by atoms with Crippen LogP contribution in [0.3, 0.4) is 0 Å². The Hall–Kier alpha value is -2.10. The molecule has 0 N–H and O–H groups in total. The number of carbonyl (C=O) groups is 2. The molecule has 8 heteroatoms. The Bertz CT molecular complexity index is 749. The van der Waals surface area contributed by atoms with Crippen molar-refractivity contribution in [2.24, 2.45) is 0 Å². The molecular weight excluding hydrogens is 437 g/mol. The molecule has 0 aliphatic carbocycles. The second-order valence-electron chi connectivity index (χ2n) is 5.76. The highest BCUT2D eigenvalue weighted by Crippen LogP contribution is 2.29. The number of methoxy groups -OCH3 is 1. The number of carbonyl (C=O) groups excluding carboxylic acids is 2. The summed E-state index contributed by atoms with van der Waals surface area (Å²) in [7, 11) is 1.32. The fraction of sp³-hybridized carbons (Fsp3) is 0.353. The zero-order chi connectivity index (χ0) is 17.8. The van der Waals surface area contributed by atoms with Crippen LogP contribution in [0.4, 0.5) is 4.79 Å². The van der Waals surface area contributed by atoms with Crippen LogP contribution in [0.15, 0.2) is 42.7 Å². The van der Waals surface area contributed by atoms with Gasteiger partial charge >= 0.3 is 12.1 Å². The van der Waals surface area contributed by atoms with Gasteiger partial charge in [0.1, 0.15) is 12.6 Å². The molecule has 0 saturated carbocycles. The first-order valence-corrected chi connectivity index (χ1v) is 8.91. The van der Waals surface area contributed by atoms with Crippen LogP contribution in [0.5, 0.6) is 0 Å². The van der Waals surface area contributed by atoms with Gasteiger partial charge in [-0.1, -0.05) is 30.3 Å². The van der Waals surface area contributed by atoms with E-state index in [9.17, 15) is 9.59 Å². The van der Waals surface area contributed by atoms with Crippen molar-refractivity contribution in [3.05, 3.63) is 51.9 Å². The third-order valence-corrected chi connectivity index (χ3v) is 4.69. The lowest BCUT2D eigenvalue weighted by atomic mass is 10.2. The summed E-state index contributed by atoms with van der Waals surface area (Å²) in [4.78, 5) is 26.0. The van der Waals surface area contributed by atoms with Crippen LogP contribution in [0.2, 0.25) is 0 Å². The molecule has 1 saturated heterocycles. The smallest absolute Gasteiger partial charge is 0.410 e. The highest BCUT2D eigenvalue weighted by atomic mass is 127. The fourth-order valence-corrected chi connectivity index (χ4v) is 3.29. The third-order valence-electron chi connectivity index (χ3n) is 4.14. The van der Waals surface area contributed by atoms with Gasteiger partial charge in [0.05, 0.1) is 22.9 Å². The Morgan fingerprint density at radius 1 is 1.32 bits per heavy atom. The number of nitrogens with zero attached hydrogens (tertiary/aromatic N) is 3. The molecule has 0 bridgehead atoms. The molecule has 1 amide bonds. The third kappa shape index (κ3) is 4.12. The monoisotopic (exact) mass is 455 g/mol. The van der Waals surface area contributed by atoms with Crippen LogP contribution < -0.4 is 0 Å². The standard InChI is InChI=1S/C17H18IN3O4/c1-24-16(22)15-7-14(21-9-13(18)8-19-21)10-20(15)17(23)25-11-12-5-3-2-4-6-12/h2-6,8-9,14-15H,7,10-11H2,1H3/t14-,15-/m0/s1. The lowest BCUT2D eigenvalue weighted by Crippen LogP contribution is -2.41. The molecule has 1 aliphatic rings. The van der Waals surface area contributed by atoms with Gasteiger partial charge in [0.15, 0.2) is 0 Å². The molecule has 132 valence electrons. The van der Waals surface area contributed by atoms with Crippen LogP contribution in [-0.2, 0) is 20.9 Å². The van der Waals surface area contributed by atoms with Crippen LogP contribution in [0.25, 0.3) is 0 Å². The normalized spacial score (nSPS) is 19.7. The minimum Gasteiger partial charge on any atom is -0.467 e. The van der Waals surface area contributed by atoms with Gasteiger partial charge in [-0.15, -0.1) is 0 Å². The van der Waals surface area contributed by atoms with Crippen molar-refractivity contribution in [3.63, 3.8) is 0 Å². The van der Waals surface area contributed by atoms with Crippen LogP contribution in [-0.4, -0.2) is 46.4 Å². The topological polar surface area (TPSA) is 73.7 Å². The van der Waals surface area contributed by atoms with Gasteiger partial charge in [0, 0.05) is 19.2 Å². The molecule has 0 unspecified atom stereocenters. The predicted octanol–water partition coefficient (Wildman–Crippen LogP) is 2.61. The number of benzene rings is 1. The highest BCUT2D eigenvalue weighted by Gasteiger charge is 2.42. The van der Waals surface area contributed by atoms with Gasteiger partial charge in [0.2, 0.25) is 0 Å². The summed E-state index contributed by atoms with van der Waals surface area (Å²) < 4.78 is 13.0. The first-order chi connectivity index (χ1) is 12.1. The fourth-order valence-electron chi connectivity index (χ4n) is 2.88.